The number of aromatic nitrogens is 1. The lowest BCUT2D eigenvalue weighted by atomic mass is 10.1. The fraction of sp³-hybridized carbons (Fsp3) is 0.217. The molecule has 0 atom stereocenters. The zero-order chi connectivity index (χ0) is 20.3. The molecule has 28 heavy (non-hydrogen) atoms. The maximum atomic E-state index is 12.8. The number of aryl methyl sites for hydroxylation is 2. The number of nitrogens with zero attached hydrogens (tertiary/aromatic N) is 1. The van der Waals surface area contributed by atoms with E-state index in [1.807, 2.05) is 19.9 Å². The molecule has 144 valence electrons. The topological polar surface area (TPSA) is 60.3 Å². The molecule has 0 saturated carbocycles. The van der Waals surface area contributed by atoms with Gasteiger partial charge < -0.3 is 14.6 Å². The smallest absolute Gasteiger partial charge is 0.337 e. The molecule has 1 heterocycles. The number of nitrogens with one attached hydrogen (secondary N) is 1. The number of ether oxygens (including phenoxy) is 1. The van der Waals surface area contributed by atoms with Crippen LogP contribution in [0, 0.1) is 20.8 Å². The number of Topliss-reactive ketones (excluding diaryl/α,β-unsaturated/α-hetero) is 1. The third-order valence-electron chi connectivity index (χ3n) is 4.78. The maximum Gasteiger partial charge on any atom is 0.337 e. The molecule has 0 bridgehead atoms. The summed E-state index contributed by atoms with van der Waals surface area (Å²) in [6.45, 7) is 6.20. The summed E-state index contributed by atoms with van der Waals surface area (Å²) in [6, 6.07) is 17.0. The van der Waals surface area contributed by atoms with Gasteiger partial charge in [-0.1, -0.05) is 17.7 Å². The number of ketones is 1. The summed E-state index contributed by atoms with van der Waals surface area (Å²) in [5, 5.41) is 3.12. The second-order valence-electron chi connectivity index (χ2n) is 6.80. The van der Waals surface area contributed by atoms with E-state index in [9.17, 15) is 9.59 Å². The minimum atomic E-state index is -0.383. The molecule has 1 N–H and O–H groups in total. The standard InChI is InChI=1S/C23H24N2O3/c1-15-5-11-20(12-6-15)25-16(2)13-21(17(25)3)22(26)14-24-19-9-7-18(8-10-19)23(27)28-4/h5-13,24H,14H2,1-4H3. The van der Waals surface area contributed by atoms with Gasteiger partial charge in [-0.2, -0.15) is 0 Å². The molecule has 0 aliphatic carbocycles. The number of hydrogen-bond donors (Lipinski definition) is 1. The SMILES string of the molecule is COC(=O)c1ccc(NCC(=O)c2cc(C)n(-c3ccc(C)cc3)c2C)cc1. The fourth-order valence-corrected chi connectivity index (χ4v) is 3.26. The van der Waals surface area contributed by atoms with Gasteiger partial charge in [0.25, 0.3) is 0 Å². The molecule has 0 saturated heterocycles. The molecule has 0 radical (unpaired) electrons. The Morgan fingerprint density at radius 3 is 2.21 bits per heavy atom. The summed E-state index contributed by atoms with van der Waals surface area (Å²) in [6.07, 6.45) is 0. The summed E-state index contributed by atoms with van der Waals surface area (Å²) in [5.41, 5.74) is 6.14. The van der Waals surface area contributed by atoms with Crippen molar-refractivity contribution in [3.63, 3.8) is 0 Å². The first-order chi connectivity index (χ1) is 13.4. The van der Waals surface area contributed by atoms with Crippen LogP contribution in [0.2, 0.25) is 0 Å². The predicted molar refractivity (Wildman–Crippen MR) is 111 cm³/mol. The van der Waals surface area contributed by atoms with Gasteiger partial charge in [0, 0.05) is 28.3 Å². The lowest BCUT2D eigenvalue weighted by Crippen LogP contribution is -2.15. The van der Waals surface area contributed by atoms with Gasteiger partial charge in [0.15, 0.2) is 5.78 Å². The molecule has 0 aliphatic rings. The van der Waals surface area contributed by atoms with Gasteiger partial charge >= 0.3 is 5.97 Å². The van der Waals surface area contributed by atoms with Gasteiger partial charge in [-0.3, -0.25) is 4.79 Å². The highest BCUT2D eigenvalue weighted by molar-refractivity contribution is 6.00. The number of hydrogen-bond acceptors (Lipinski definition) is 4. The number of methoxy groups -OCH3 is 1. The molecule has 3 rings (SSSR count). The summed E-state index contributed by atoms with van der Waals surface area (Å²) in [7, 11) is 1.35. The van der Waals surface area contributed by atoms with Crippen molar-refractivity contribution in [3.05, 3.63) is 82.7 Å². The first-order valence-corrected chi connectivity index (χ1v) is 9.12. The van der Waals surface area contributed by atoms with Gasteiger partial charge in [-0.25, -0.2) is 4.79 Å². The van der Waals surface area contributed by atoms with E-state index in [2.05, 4.69) is 45.8 Å². The predicted octanol–water partition coefficient (Wildman–Crippen LogP) is 4.48. The van der Waals surface area contributed by atoms with Gasteiger partial charge in [0.05, 0.1) is 19.2 Å². The van der Waals surface area contributed by atoms with Crippen molar-refractivity contribution in [1.29, 1.82) is 0 Å². The van der Waals surface area contributed by atoms with Crippen LogP contribution in [0.25, 0.3) is 5.69 Å². The highest BCUT2D eigenvalue weighted by Gasteiger charge is 2.16. The summed E-state index contributed by atoms with van der Waals surface area (Å²) >= 11 is 0. The van der Waals surface area contributed by atoms with Crippen molar-refractivity contribution in [2.24, 2.45) is 0 Å². The number of carbonyl (C=O) groups excluding carboxylic acids is 2. The highest BCUT2D eigenvalue weighted by Crippen LogP contribution is 2.22. The van der Waals surface area contributed by atoms with E-state index in [-0.39, 0.29) is 18.3 Å². The van der Waals surface area contributed by atoms with E-state index < -0.39 is 0 Å². The van der Waals surface area contributed by atoms with E-state index in [1.165, 1.54) is 12.7 Å². The van der Waals surface area contributed by atoms with Crippen LogP contribution in [0.4, 0.5) is 5.69 Å². The lowest BCUT2D eigenvalue weighted by molar-refractivity contribution is 0.0600. The first kappa shape index (κ1) is 19.4. The van der Waals surface area contributed by atoms with Crippen molar-refractivity contribution < 1.29 is 14.3 Å². The minimum Gasteiger partial charge on any atom is -0.465 e. The Morgan fingerprint density at radius 1 is 0.964 bits per heavy atom. The minimum absolute atomic E-state index is 0.0171. The zero-order valence-corrected chi connectivity index (χ0v) is 16.6. The van der Waals surface area contributed by atoms with Gasteiger partial charge in [-0.05, 0) is 63.2 Å². The van der Waals surface area contributed by atoms with Crippen LogP contribution in [-0.2, 0) is 4.74 Å². The Bertz CT molecular complexity index is 1000. The fourth-order valence-electron chi connectivity index (χ4n) is 3.26. The normalized spacial score (nSPS) is 10.6. The van der Waals surface area contributed by atoms with E-state index >= 15 is 0 Å². The second kappa shape index (κ2) is 8.13. The van der Waals surface area contributed by atoms with E-state index in [0.29, 0.717) is 11.1 Å². The van der Waals surface area contributed by atoms with Gasteiger partial charge in [-0.15, -0.1) is 0 Å². The highest BCUT2D eigenvalue weighted by atomic mass is 16.5. The molecule has 0 aliphatic heterocycles. The third-order valence-corrected chi connectivity index (χ3v) is 4.78. The Hall–Kier alpha value is -3.34. The van der Waals surface area contributed by atoms with Crippen LogP contribution >= 0.6 is 0 Å². The van der Waals surface area contributed by atoms with Gasteiger partial charge in [0.1, 0.15) is 0 Å². The zero-order valence-electron chi connectivity index (χ0n) is 16.6. The molecule has 0 amide bonds. The van der Waals surface area contributed by atoms with Crippen LogP contribution in [0.1, 0.15) is 37.7 Å². The van der Waals surface area contributed by atoms with Crippen LogP contribution in [0.15, 0.2) is 54.6 Å². The third kappa shape index (κ3) is 3.98. The van der Waals surface area contributed by atoms with Crippen LogP contribution in [0.5, 0.6) is 0 Å². The summed E-state index contributed by atoms with van der Waals surface area (Å²) < 4.78 is 6.78. The molecular formula is C23H24N2O3. The average Bonchev–Trinajstić information content (AvgIpc) is 3.01. The number of carbonyl (C=O) groups is 2. The Morgan fingerprint density at radius 2 is 1.61 bits per heavy atom. The monoisotopic (exact) mass is 376 g/mol. The molecule has 2 aromatic carbocycles. The van der Waals surface area contributed by atoms with Crippen LogP contribution in [-0.4, -0.2) is 30.0 Å². The summed E-state index contributed by atoms with van der Waals surface area (Å²) in [5.74, 6) is -0.366. The van der Waals surface area contributed by atoms with E-state index in [1.54, 1.807) is 24.3 Å². The largest absolute Gasteiger partial charge is 0.465 e. The molecule has 1 aromatic heterocycles. The molecule has 0 unspecified atom stereocenters. The quantitative estimate of drug-likeness (QED) is 0.509. The van der Waals surface area contributed by atoms with Crippen LogP contribution < -0.4 is 5.32 Å². The molecule has 3 aromatic rings. The maximum absolute atomic E-state index is 12.8. The number of benzene rings is 2. The van der Waals surface area contributed by atoms with Crippen molar-refractivity contribution in [2.75, 3.05) is 19.0 Å². The molecular weight excluding hydrogens is 352 g/mol. The van der Waals surface area contributed by atoms with Gasteiger partial charge in [0.2, 0.25) is 0 Å². The van der Waals surface area contributed by atoms with E-state index in [0.717, 1.165) is 22.8 Å². The average molecular weight is 376 g/mol. The number of esters is 1. The second-order valence-corrected chi connectivity index (χ2v) is 6.80. The van der Waals surface area contributed by atoms with E-state index in [4.69, 9.17) is 0 Å². The lowest BCUT2D eigenvalue weighted by Gasteiger charge is -2.10. The molecule has 5 nitrogen and oxygen atoms in total. The van der Waals surface area contributed by atoms with Crippen molar-refractivity contribution >= 4 is 17.4 Å². The Kier molecular flexibility index (Phi) is 5.64. The number of anilines is 1. The van der Waals surface area contributed by atoms with Crippen molar-refractivity contribution in [2.45, 2.75) is 20.8 Å². The summed E-state index contributed by atoms with van der Waals surface area (Å²) in [4.78, 5) is 24.2. The number of rotatable bonds is 6. The Balaban J connectivity index is 1.74. The Labute approximate surface area is 165 Å². The van der Waals surface area contributed by atoms with Crippen LogP contribution in [0.3, 0.4) is 0 Å². The molecule has 5 heteroatoms. The molecule has 0 spiro atoms. The first-order valence-electron chi connectivity index (χ1n) is 9.12. The van der Waals surface area contributed by atoms with Crippen molar-refractivity contribution in [1.82, 2.24) is 4.57 Å². The molecule has 0 fully saturated rings. The van der Waals surface area contributed by atoms with Crippen molar-refractivity contribution in [3.8, 4) is 5.69 Å².